The van der Waals surface area contributed by atoms with Crippen molar-refractivity contribution in [2.24, 2.45) is 0 Å². The van der Waals surface area contributed by atoms with Gasteiger partial charge in [0.05, 0.1) is 6.23 Å². The van der Waals surface area contributed by atoms with E-state index in [1.54, 1.807) is 7.11 Å². The second-order valence-corrected chi connectivity index (χ2v) is 4.64. The monoisotopic (exact) mass is 166 g/mol. The van der Waals surface area contributed by atoms with Gasteiger partial charge in [-0.3, -0.25) is 0 Å². The fourth-order valence-corrected chi connectivity index (χ4v) is 2.36. The fourth-order valence-electron chi connectivity index (χ4n) is 0.603. The van der Waals surface area contributed by atoms with Gasteiger partial charge in [0.2, 0.25) is 0 Å². The fraction of sp³-hybridized carbons (Fsp3) is 1.00. The summed E-state index contributed by atoms with van der Waals surface area (Å²) in [7, 11) is 0.131. The first-order valence-corrected chi connectivity index (χ1v) is 5.87. The van der Waals surface area contributed by atoms with E-state index in [4.69, 9.17) is 9.53 Å². The van der Waals surface area contributed by atoms with Gasteiger partial charge in [-0.25, -0.2) is 0 Å². The van der Waals surface area contributed by atoms with E-state index >= 15 is 0 Å². The van der Waals surface area contributed by atoms with Gasteiger partial charge in [-0.15, -0.1) is 0 Å². The summed E-state index contributed by atoms with van der Waals surface area (Å²) >= 11 is 4.03. The first kappa shape index (κ1) is 9.49. The van der Waals surface area contributed by atoms with Crippen molar-refractivity contribution in [1.29, 1.82) is 0 Å². The highest BCUT2D eigenvalue weighted by Crippen LogP contribution is 1.96. The molecule has 9 heavy (non-hydrogen) atoms. The first-order valence-electron chi connectivity index (χ1n) is 3.09. The number of hydrogen-bond acceptors (Lipinski definition) is 3. The Labute approximate surface area is 63.4 Å². The molecule has 0 aromatic carbocycles. The Morgan fingerprint density at radius 1 is 1.67 bits per heavy atom. The van der Waals surface area contributed by atoms with Crippen LogP contribution in [-0.4, -0.2) is 32.9 Å². The molecule has 0 aromatic heterocycles. The molecule has 0 saturated heterocycles. The van der Waals surface area contributed by atoms with E-state index < -0.39 is 9.04 Å². The summed E-state index contributed by atoms with van der Waals surface area (Å²) in [6, 6.07) is 0.928. The van der Waals surface area contributed by atoms with E-state index in [-0.39, 0.29) is 0 Å². The van der Waals surface area contributed by atoms with Crippen molar-refractivity contribution in [1.82, 2.24) is 0 Å². The number of ether oxygens (including phenoxy) is 1. The Morgan fingerprint density at radius 3 is 2.78 bits per heavy atom. The Morgan fingerprint density at radius 2 is 2.33 bits per heavy atom. The van der Waals surface area contributed by atoms with Crippen molar-refractivity contribution >= 4 is 21.7 Å². The molecule has 1 unspecified atom stereocenters. The van der Waals surface area contributed by atoms with Gasteiger partial charge in [-0.05, 0) is 18.2 Å². The van der Waals surface area contributed by atoms with Crippen molar-refractivity contribution in [3.8, 4) is 0 Å². The normalized spacial score (nSPS) is 13.7. The van der Waals surface area contributed by atoms with Gasteiger partial charge in [0, 0.05) is 7.11 Å². The molecular formula is C5H14O2SSi. The third kappa shape index (κ3) is 6.37. The average Bonchev–Trinajstić information content (AvgIpc) is 1.85. The van der Waals surface area contributed by atoms with E-state index in [2.05, 4.69) is 12.6 Å². The van der Waals surface area contributed by atoms with E-state index in [1.807, 2.05) is 0 Å². The van der Waals surface area contributed by atoms with Gasteiger partial charge in [0.1, 0.15) is 0 Å². The molecule has 0 rings (SSSR count). The minimum Gasteiger partial charge on any atom is -0.432 e. The minimum atomic E-state index is -1.49. The van der Waals surface area contributed by atoms with Crippen LogP contribution in [0.4, 0.5) is 0 Å². The van der Waals surface area contributed by atoms with E-state index in [0.29, 0.717) is 6.23 Å². The van der Waals surface area contributed by atoms with Crippen LogP contribution in [0.25, 0.3) is 0 Å². The van der Waals surface area contributed by atoms with Crippen molar-refractivity contribution < 1.29 is 9.53 Å². The van der Waals surface area contributed by atoms with Crippen LogP contribution in [0.3, 0.4) is 0 Å². The summed E-state index contributed by atoms with van der Waals surface area (Å²) in [5.74, 6) is 0.869. The lowest BCUT2D eigenvalue weighted by atomic mass is 10.6. The molecule has 0 fully saturated rings. The molecule has 4 heteroatoms. The summed E-state index contributed by atoms with van der Waals surface area (Å²) in [6.07, 6.45) is 1.59. The predicted octanol–water partition coefficient (Wildman–Crippen LogP) is 0.208. The largest absolute Gasteiger partial charge is 0.432 e. The van der Waals surface area contributed by atoms with Gasteiger partial charge in [-0.1, -0.05) is 0 Å². The van der Waals surface area contributed by atoms with Crippen LogP contribution < -0.4 is 0 Å². The lowest BCUT2D eigenvalue weighted by Gasteiger charge is -2.03. The summed E-state index contributed by atoms with van der Waals surface area (Å²) in [5, 5.41) is 0. The molecule has 0 aliphatic carbocycles. The van der Waals surface area contributed by atoms with Crippen LogP contribution >= 0.6 is 12.6 Å². The smallest absolute Gasteiger partial charge is 0.197 e. The molecule has 1 N–H and O–H groups in total. The summed E-state index contributed by atoms with van der Waals surface area (Å²) in [5.41, 5.74) is 0. The molecule has 0 aromatic rings. The quantitative estimate of drug-likeness (QED) is 0.451. The maximum atomic E-state index is 9.16. The molecule has 0 aliphatic heterocycles. The third-order valence-corrected chi connectivity index (χ3v) is 3.16. The predicted molar refractivity (Wildman–Crippen MR) is 44.5 cm³/mol. The Kier molecular flexibility index (Phi) is 6.96. The lowest BCUT2D eigenvalue weighted by Crippen LogP contribution is -2.19. The molecule has 56 valence electrons. The van der Waals surface area contributed by atoms with E-state index in [9.17, 15) is 0 Å². The number of hydrogen-bond donors (Lipinski definition) is 2. The van der Waals surface area contributed by atoms with Crippen LogP contribution in [-0.2, 0) is 4.74 Å². The molecule has 0 spiro atoms. The maximum absolute atomic E-state index is 9.16. The van der Waals surface area contributed by atoms with Gasteiger partial charge in [0.25, 0.3) is 0 Å². The molecule has 1 atom stereocenters. The SMILES string of the molecule is COC[SiH](O)CCCS. The standard InChI is InChI=1S/C5H14O2SSi/c1-7-5-9(6)4-2-3-8/h6,8-9H,2-5H2,1H3. The number of thiol groups is 1. The van der Waals surface area contributed by atoms with Crippen molar-refractivity contribution in [2.75, 3.05) is 19.1 Å². The molecule has 0 bridgehead atoms. The highest BCUT2D eigenvalue weighted by molar-refractivity contribution is 7.80. The Bertz CT molecular complexity index is 62.9. The zero-order valence-corrected chi connectivity index (χ0v) is 7.76. The minimum absolute atomic E-state index is 0.577. The molecule has 0 saturated carbocycles. The average molecular weight is 166 g/mol. The van der Waals surface area contributed by atoms with Gasteiger partial charge in [-0.2, -0.15) is 12.6 Å². The van der Waals surface area contributed by atoms with Gasteiger partial charge < -0.3 is 9.53 Å². The van der Waals surface area contributed by atoms with Crippen molar-refractivity contribution in [3.63, 3.8) is 0 Å². The molecule has 0 amide bonds. The van der Waals surface area contributed by atoms with Crippen LogP contribution in [0, 0.1) is 0 Å². The number of methoxy groups -OCH3 is 1. The molecule has 2 nitrogen and oxygen atoms in total. The molecule has 0 radical (unpaired) electrons. The lowest BCUT2D eigenvalue weighted by molar-refractivity contribution is 0.236. The second-order valence-electron chi connectivity index (χ2n) is 1.98. The van der Waals surface area contributed by atoms with Gasteiger partial charge >= 0.3 is 0 Å². The zero-order chi connectivity index (χ0) is 7.11. The topological polar surface area (TPSA) is 29.5 Å². The number of rotatable bonds is 5. The third-order valence-electron chi connectivity index (χ3n) is 1.05. The van der Waals surface area contributed by atoms with Crippen molar-refractivity contribution in [2.45, 2.75) is 12.5 Å². The van der Waals surface area contributed by atoms with E-state index in [0.717, 1.165) is 18.2 Å². The van der Waals surface area contributed by atoms with Crippen LogP contribution in [0.15, 0.2) is 0 Å². The maximum Gasteiger partial charge on any atom is 0.197 e. The summed E-state index contributed by atoms with van der Waals surface area (Å²) in [4.78, 5) is 9.16. The van der Waals surface area contributed by atoms with Crippen LogP contribution in [0.5, 0.6) is 0 Å². The highest BCUT2D eigenvalue weighted by Gasteiger charge is 2.03. The first-order chi connectivity index (χ1) is 4.31. The second kappa shape index (κ2) is 6.60. The van der Waals surface area contributed by atoms with E-state index in [1.165, 1.54) is 0 Å². The summed E-state index contributed by atoms with van der Waals surface area (Å²) in [6.45, 7) is 0. The summed E-state index contributed by atoms with van der Waals surface area (Å²) < 4.78 is 4.79. The van der Waals surface area contributed by atoms with Crippen LogP contribution in [0.1, 0.15) is 6.42 Å². The van der Waals surface area contributed by atoms with Crippen LogP contribution in [0.2, 0.25) is 6.04 Å². The molecule has 0 aliphatic rings. The van der Waals surface area contributed by atoms with Gasteiger partial charge in [0.15, 0.2) is 9.04 Å². The highest BCUT2D eigenvalue weighted by atomic mass is 32.1. The molecular weight excluding hydrogens is 152 g/mol. The zero-order valence-electron chi connectivity index (χ0n) is 5.71. The molecule has 0 heterocycles. The van der Waals surface area contributed by atoms with Crippen molar-refractivity contribution in [3.05, 3.63) is 0 Å². The Hall–Kier alpha value is 0.487. The Balaban J connectivity index is 2.95.